The molecule has 0 aliphatic rings. The van der Waals surface area contributed by atoms with Gasteiger partial charge in [-0.3, -0.25) is 0 Å². The van der Waals surface area contributed by atoms with E-state index < -0.39 is 0 Å². The van der Waals surface area contributed by atoms with Gasteiger partial charge in [-0.2, -0.15) is 14.9 Å². The average Bonchev–Trinajstić information content (AvgIpc) is 3.10. The number of ether oxygens (including phenoxy) is 1. The lowest BCUT2D eigenvalue weighted by Crippen LogP contribution is -2.21. The number of nitrogens with one attached hydrogen (secondary N) is 1. The molecule has 0 fully saturated rings. The van der Waals surface area contributed by atoms with Crippen LogP contribution in [0.15, 0.2) is 47.6 Å². The Morgan fingerprint density at radius 1 is 1.17 bits per heavy atom. The first-order chi connectivity index (χ1) is 14.1. The van der Waals surface area contributed by atoms with Crippen LogP contribution < -0.4 is 9.64 Å². The predicted octanol–water partition coefficient (Wildman–Crippen LogP) is 4.44. The number of aromatic amines is 1. The van der Waals surface area contributed by atoms with Gasteiger partial charge in [0.1, 0.15) is 0 Å². The molecule has 0 bridgehead atoms. The number of H-pyrrole nitrogens is 1. The molecule has 0 aliphatic heterocycles. The van der Waals surface area contributed by atoms with Gasteiger partial charge in [0.2, 0.25) is 4.77 Å². The first-order valence-electron chi connectivity index (χ1n) is 9.60. The number of rotatable bonds is 8. The quantitative estimate of drug-likeness (QED) is 0.423. The lowest BCUT2D eigenvalue weighted by atomic mass is 10.2. The number of benzene rings is 2. The predicted molar refractivity (Wildman–Crippen MR) is 119 cm³/mol. The van der Waals surface area contributed by atoms with E-state index in [-0.39, 0.29) is 5.75 Å². The number of phenolic OH excluding ortho intramolecular Hbond substituents is 1. The maximum absolute atomic E-state index is 9.84. The molecule has 3 rings (SSSR count). The molecule has 2 N–H and O–H groups in total. The number of hydrogen-bond donors (Lipinski definition) is 2. The van der Waals surface area contributed by atoms with Crippen LogP contribution in [0, 0.1) is 4.77 Å². The van der Waals surface area contributed by atoms with Crippen molar-refractivity contribution in [3.8, 4) is 22.9 Å². The third kappa shape index (κ3) is 4.65. The van der Waals surface area contributed by atoms with Crippen molar-refractivity contribution in [2.75, 3.05) is 24.6 Å². The molecule has 0 saturated heterocycles. The van der Waals surface area contributed by atoms with Gasteiger partial charge in [0.25, 0.3) is 0 Å². The highest BCUT2D eigenvalue weighted by Gasteiger charge is 2.10. The minimum absolute atomic E-state index is 0.0953. The van der Waals surface area contributed by atoms with Gasteiger partial charge in [0.05, 0.1) is 12.8 Å². The van der Waals surface area contributed by atoms with Crippen molar-refractivity contribution in [2.24, 2.45) is 5.10 Å². The van der Waals surface area contributed by atoms with Crippen molar-refractivity contribution in [1.82, 2.24) is 14.9 Å². The lowest BCUT2D eigenvalue weighted by Gasteiger charge is -2.20. The van der Waals surface area contributed by atoms with Crippen LogP contribution in [-0.4, -0.2) is 45.9 Å². The molecule has 0 unspecified atom stereocenters. The second-order valence-corrected chi connectivity index (χ2v) is 6.67. The van der Waals surface area contributed by atoms with E-state index in [0.29, 0.717) is 23.0 Å². The van der Waals surface area contributed by atoms with Gasteiger partial charge in [-0.05, 0) is 81.0 Å². The molecule has 0 atom stereocenters. The van der Waals surface area contributed by atoms with Gasteiger partial charge >= 0.3 is 0 Å². The Bertz CT molecular complexity index is 1040. The monoisotopic (exact) mass is 411 g/mol. The van der Waals surface area contributed by atoms with Crippen LogP contribution in [-0.2, 0) is 0 Å². The van der Waals surface area contributed by atoms with Gasteiger partial charge < -0.3 is 14.7 Å². The number of hydrogen-bond acceptors (Lipinski definition) is 6. The fourth-order valence-corrected chi connectivity index (χ4v) is 3.18. The SMILES string of the molecule is CCOc1cc(C=Nn2c(-c3ccc(N(CC)CC)cc3)n[nH]c2=S)ccc1O. The summed E-state index contributed by atoms with van der Waals surface area (Å²) in [6.07, 6.45) is 1.65. The van der Waals surface area contributed by atoms with Crippen LogP contribution in [0.5, 0.6) is 11.5 Å². The topological polar surface area (TPSA) is 78.7 Å². The molecule has 8 heteroatoms. The molecule has 1 heterocycles. The zero-order valence-corrected chi connectivity index (χ0v) is 17.6. The Morgan fingerprint density at radius 3 is 2.55 bits per heavy atom. The van der Waals surface area contributed by atoms with Gasteiger partial charge in [-0.15, -0.1) is 0 Å². The molecule has 152 valence electrons. The Labute approximate surface area is 175 Å². The molecular weight excluding hydrogens is 386 g/mol. The summed E-state index contributed by atoms with van der Waals surface area (Å²) in [6, 6.07) is 13.2. The molecule has 0 spiro atoms. The number of phenols is 1. The highest BCUT2D eigenvalue weighted by molar-refractivity contribution is 7.71. The van der Waals surface area contributed by atoms with Crippen LogP contribution in [0.25, 0.3) is 11.4 Å². The highest BCUT2D eigenvalue weighted by Crippen LogP contribution is 2.26. The number of aromatic nitrogens is 3. The molecule has 0 aliphatic carbocycles. The first kappa shape index (κ1) is 20.6. The van der Waals surface area contributed by atoms with Gasteiger partial charge in [0.15, 0.2) is 17.3 Å². The Balaban J connectivity index is 1.89. The maximum atomic E-state index is 9.84. The van der Waals surface area contributed by atoms with Crippen LogP contribution >= 0.6 is 12.2 Å². The molecule has 0 saturated carbocycles. The number of aromatic hydroxyl groups is 1. The third-order valence-electron chi connectivity index (χ3n) is 4.51. The summed E-state index contributed by atoms with van der Waals surface area (Å²) in [5, 5.41) is 21.4. The highest BCUT2D eigenvalue weighted by atomic mass is 32.1. The fourth-order valence-electron chi connectivity index (χ4n) is 3.00. The van der Waals surface area contributed by atoms with E-state index in [2.05, 4.69) is 46.2 Å². The van der Waals surface area contributed by atoms with E-state index in [0.717, 1.165) is 29.9 Å². The van der Waals surface area contributed by atoms with E-state index in [4.69, 9.17) is 17.0 Å². The minimum Gasteiger partial charge on any atom is -0.504 e. The zero-order valence-electron chi connectivity index (χ0n) is 16.8. The summed E-state index contributed by atoms with van der Waals surface area (Å²) in [4.78, 5) is 2.28. The number of anilines is 1. The second kappa shape index (κ2) is 9.38. The molecule has 29 heavy (non-hydrogen) atoms. The first-order valence-corrected chi connectivity index (χ1v) is 10.0. The van der Waals surface area contributed by atoms with E-state index in [1.807, 2.05) is 19.1 Å². The normalized spacial score (nSPS) is 11.1. The molecule has 7 nitrogen and oxygen atoms in total. The van der Waals surface area contributed by atoms with Crippen LogP contribution in [0.4, 0.5) is 5.69 Å². The van der Waals surface area contributed by atoms with Crippen molar-refractivity contribution < 1.29 is 9.84 Å². The molecule has 1 aromatic heterocycles. The summed E-state index contributed by atoms with van der Waals surface area (Å²) < 4.78 is 7.39. The average molecular weight is 412 g/mol. The summed E-state index contributed by atoms with van der Waals surface area (Å²) in [5.41, 5.74) is 2.85. The Kier molecular flexibility index (Phi) is 6.66. The van der Waals surface area contributed by atoms with Crippen molar-refractivity contribution in [3.05, 3.63) is 52.8 Å². The summed E-state index contributed by atoms with van der Waals surface area (Å²) in [5.74, 6) is 1.14. The zero-order chi connectivity index (χ0) is 20.8. The van der Waals surface area contributed by atoms with Gasteiger partial charge in [-0.1, -0.05) is 0 Å². The minimum atomic E-state index is 0.0953. The van der Waals surface area contributed by atoms with Crippen molar-refractivity contribution in [3.63, 3.8) is 0 Å². The summed E-state index contributed by atoms with van der Waals surface area (Å²) >= 11 is 5.34. The maximum Gasteiger partial charge on any atom is 0.216 e. The Hall–Kier alpha value is -3.13. The molecule has 3 aromatic rings. The van der Waals surface area contributed by atoms with Crippen LogP contribution in [0.3, 0.4) is 0 Å². The van der Waals surface area contributed by atoms with Crippen LogP contribution in [0.1, 0.15) is 26.3 Å². The summed E-state index contributed by atoms with van der Waals surface area (Å²) in [7, 11) is 0. The van der Waals surface area contributed by atoms with Crippen LogP contribution in [0.2, 0.25) is 0 Å². The third-order valence-corrected chi connectivity index (χ3v) is 4.77. The van der Waals surface area contributed by atoms with E-state index in [1.165, 1.54) is 0 Å². The molecule has 0 amide bonds. The van der Waals surface area contributed by atoms with Crippen molar-refractivity contribution >= 4 is 24.1 Å². The van der Waals surface area contributed by atoms with Gasteiger partial charge in [-0.25, -0.2) is 5.10 Å². The molecule has 2 aromatic carbocycles. The Morgan fingerprint density at radius 2 is 1.90 bits per heavy atom. The second-order valence-electron chi connectivity index (χ2n) is 6.29. The summed E-state index contributed by atoms with van der Waals surface area (Å²) in [6.45, 7) is 8.51. The van der Waals surface area contributed by atoms with E-state index in [9.17, 15) is 5.11 Å². The standard InChI is InChI=1S/C21H25N5O2S/c1-4-25(5-2)17-10-8-16(9-11-17)20-23-24-21(29)26(20)22-14-15-7-12-18(27)19(13-15)28-6-3/h7-14,27H,4-6H2,1-3H3,(H,24,29). The van der Waals surface area contributed by atoms with Gasteiger partial charge in [0, 0.05) is 24.3 Å². The smallest absolute Gasteiger partial charge is 0.216 e. The van der Waals surface area contributed by atoms with E-state index in [1.54, 1.807) is 29.1 Å². The fraction of sp³-hybridized carbons (Fsp3) is 0.286. The van der Waals surface area contributed by atoms with Crippen molar-refractivity contribution in [2.45, 2.75) is 20.8 Å². The molecule has 0 radical (unpaired) electrons. The number of nitrogens with zero attached hydrogens (tertiary/aromatic N) is 4. The lowest BCUT2D eigenvalue weighted by molar-refractivity contribution is 0.318. The van der Waals surface area contributed by atoms with E-state index >= 15 is 0 Å². The molecular formula is C21H25N5O2S. The largest absolute Gasteiger partial charge is 0.504 e. The van der Waals surface area contributed by atoms with Crippen molar-refractivity contribution in [1.29, 1.82) is 0 Å².